The van der Waals surface area contributed by atoms with Crippen molar-refractivity contribution in [3.8, 4) is 9.88 Å². The Morgan fingerprint density at radius 2 is 2.08 bits per heavy atom. The van der Waals surface area contributed by atoms with E-state index in [0.717, 1.165) is 35.6 Å². The van der Waals surface area contributed by atoms with E-state index < -0.39 is 17.2 Å². The third-order valence-electron chi connectivity index (χ3n) is 6.67. The fraction of sp³-hybridized carbons (Fsp3) is 0.519. The van der Waals surface area contributed by atoms with Crippen molar-refractivity contribution in [2.45, 2.75) is 83.2 Å². The smallest absolute Gasteiger partial charge is 0.340 e. The van der Waals surface area contributed by atoms with Gasteiger partial charge in [-0.15, -0.1) is 22.7 Å². The second-order valence-corrected chi connectivity index (χ2v) is 11.9. The lowest BCUT2D eigenvalue weighted by Gasteiger charge is -2.40. The van der Waals surface area contributed by atoms with Crippen LogP contribution in [0.5, 0.6) is 0 Å². The number of allylic oxidation sites excluding steroid dienone is 2. The molecule has 36 heavy (non-hydrogen) atoms. The van der Waals surface area contributed by atoms with Gasteiger partial charge in [0.15, 0.2) is 5.60 Å². The van der Waals surface area contributed by atoms with E-state index in [2.05, 4.69) is 10.3 Å². The molecule has 2 heterocycles. The van der Waals surface area contributed by atoms with Crippen LogP contribution in [0.15, 0.2) is 41.3 Å². The van der Waals surface area contributed by atoms with Crippen molar-refractivity contribution < 1.29 is 24.2 Å². The van der Waals surface area contributed by atoms with Crippen LogP contribution in [0.3, 0.4) is 0 Å². The lowest BCUT2D eigenvalue weighted by Crippen LogP contribution is -2.50. The quantitative estimate of drug-likeness (QED) is 0.405. The Hall–Kier alpha value is -2.33. The van der Waals surface area contributed by atoms with Gasteiger partial charge in [0.2, 0.25) is 0 Å². The first kappa shape index (κ1) is 26.7. The van der Waals surface area contributed by atoms with E-state index in [1.807, 2.05) is 50.4 Å². The molecule has 2 aliphatic carbocycles. The Morgan fingerprint density at radius 3 is 2.72 bits per heavy atom. The molecule has 0 radical (unpaired) electrons. The monoisotopic (exact) mass is 530 g/mol. The zero-order chi connectivity index (χ0) is 25.9. The number of carboxylic acid groups (broad SMARTS) is 1. The molecule has 194 valence electrons. The van der Waals surface area contributed by atoms with Crippen LogP contribution in [0.1, 0.15) is 68.2 Å². The summed E-state index contributed by atoms with van der Waals surface area (Å²) in [4.78, 5) is 31.7. The number of amides is 1. The van der Waals surface area contributed by atoms with Crippen LogP contribution in [0.25, 0.3) is 9.88 Å². The Labute approximate surface area is 220 Å². The number of thiophene rings is 1. The van der Waals surface area contributed by atoms with Gasteiger partial charge < -0.3 is 19.9 Å². The molecule has 2 aliphatic rings. The Kier molecular flexibility index (Phi) is 8.14. The number of ether oxygens (including phenoxy) is 2. The van der Waals surface area contributed by atoms with Gasteiger partial charge in [-0.3, -0.25) is 4.79 Å². The summed E-state index contributed by atoms with van der Waals surface area (Å²) < 4.78 is 12.5. The third-order valence-corrected chi connectivity index (χ3v) is 8.86. The zero-order valence-electron chi connectivity index (χ0n) is 21.2. The van der Waals surface area contributed by atoms with Gasteiger partial charge >= 0.3 is 5.97 Å². The number of thiazole rings is 1. The predicted octanol–water partition coefficient (Wildman–Crippen LogP) is 5.76. The van der Waals surface area contributed by atoms with E-state index in [0.29, 0.717) is 22.6 Å². The summed E-state index contributed by atoms with van der Waals surface area (Å²) in [6.07, 6.45) is 9.83. The van der Waals surface area contributed by atoms with Gasteiger partial charge in [0.05, 0.1) is 29.3 Å². The average molecular weight is 531 g/mol. The molecular weight excluding hydrogens is 496 g/mol. The fourth-order valence-corrected chi connectivity index (χ4v) is 6.63. The number of carboxylic acids is 1. The molecule has 0 saturated heterocycles. The average Bonchev–Trinajstić information content (AvgIpc) is 3.59. The summed E-state index contributed by atoms with van der Waals surface area (Å²) in [6.45, 7) is 7.30. The van der Waals surface area contributed by atoms with E-state index in [-0.39, 0.29) is 24.7 Å². The third kappa shape index (κ3) is 5.80. The van der Waals surface area contributed by atoms with Gasteiger partial charge in [0, 0.05) is 6.42 Å². The molecule has 2 aromatic heterocycles. The standard InChI is InChI=1S/C27H34N2O5S2/c1-17(2)33-26(4,25(31)32)19-9-7-13-27(15-19,34-20-10-5-6-11-20)16-28-23(30)22-18(3)29-24(36-22)21-12-8-14-35-21/h7-9,12-14,17,20H,5-6,10-11,15-16H2,1-4H3,(H,28,30)(H,31,32). The van der Waals surface area contributed by atoms with Gasteiger partial charge in [-0.2, -0.15) is 0 Å². The normalized spacial score (nSPS) is 22.0. The number of hydrogen-bond donors (Lipinski definition) is 2. The molecule has 2 unspecified atom stereocenters. The summed E-state index contributed by atoms with van der Waals surface area (Å²) in [6, 6.07) is 3.96. The summed E-state index contributed by atoms with van der Waals surface area (Å²) in [5.41, 5.74) is -1.04. The number of aryl methyl sites for hydroxylation is 1. The van der Waals surface area contributed by atoms with Crippen LogP contribution in [0.2, 0.25) is 0 Å². The van der Waals surface area contributed by atoms with Gasteiger partial charge in [0.1, 0.15) is 15.5 Å². The lowest BCUT2D eigenvalue weighted by molar-refractivity contribution is -0.164. The molecule has 0 aliphatic heterocycles. The Balaban J connectivity index is 1.55. The Bertz CT molecular complexity index is 1150. The Morgan fingerprint density at radius 1 is 1.33 bits per heavy atom. The van der Waals surface area contributed by atoms with Gasteiger partial charge in [0.25, 0.3) is 5.91 Å². The highest BCUT2D eigenvalue weighted by Crippen LogP contribution is 2.38. The number of carbonyl (C=O) groups excluding carboxylic acids is 1. The van der Waals surface area contributed by atoms with Crippen molar-refractivity contribution in [1.82, 2.24) is 10.3 Å². The fourth-order valence-electron chi connectivity index (χ4n) is 4.85. The molecule has 0 spiro atoms. The number of hydrogen-bond acceptors (Lipinski definition) is 7. The molecule has 2 aromatic rings. The van der Waals surface area contributed by atoms with Crippen molar-refractivity contribution in [2.24, 2.45) is 0 Å². The number of aromatic nitrogens is 1. The van der Waals surface area contributed by atoms with Gasteiger partial charge in [-0.1, -0.05) is 37.1 Å². The minimum Gasteiger partial charge on any atom is -0.479 e. The molecule has 2 atom stereocenters. The topological polar surface area (TPSA) is 97.8 Å². The van der Waals surface area contributed by atoms with Gasteiger partial charge in [-0.05, 0) is 57.6 Å². The molecule has 2 N–H and O–H groups in total. The van der Waals surface area contributed by atoms with E-state index in [1.165, 1.54) is 11.3 Å². The van der Waals surface area contributed by atoms with Crippen LogP contribution in [0, 0.1) is 6.92 Å². The predicted molar refractivity (Wildman–Crippen MR) is 143 cm³/mol. The van der Waals surface area contributed by atoms with Crippen LogP contribution < -0.4 is 5.32 Å². The summed E-state index contributed by atoms with van der Waals surface area (Å²) in [5.74, 6) is -1.25. The molecule has 1 saturated carbocycles. The van der Waals surface area contributed by atoms with Crippen LogP contribution in [0.4, 0.5) is 0 Å². The zero-order valence-corrected chi connectivity index (χ0v) is 22.8. The SMILES string of the molecule is Cc1nc(-c2cccs2)sc1C(=O)NCC1(OC2CCCC2)C=CC=C(C(C)(OC(C)C)C(=O)O)C1. The van der Waals surface area contributed by atoms with Crippen molar-refractivity contribution in [3.63, 3.8) is 0 Å². The van der Waals surface area contributed by atoms with Crippen LogP contribution in [-0.2, 0) is 14.3 Å². The van der Waals surface area contributed by atoms with E-state index in [1.54, 1.807) is 24.3 Å². The molecule has 0 aromatic carbocycles. The van der Waals surface area contributed by atoms with E-state index in [4.69, 9.17) is 9.47 Å². The van der Waals surface area contributed by atoms with E-state index in [9.17, 15) is 14.7 Å². The molecule has 4 rings (SSSR count). The molecule has 9 heteroatoms. The largest absolute Gasteiger partial charge is 0.479 e. The molecule has 0 bridgehead atoms. The lowest BCUT2D eigenvalue weighted by atomic mass is 9.81. The minimum absolute atomic E-state index is 0.0728. The highest BCUT2D eigenvalue weighted by molar-refractivity contribution is 7.22. The highest BCUT2D eigenvalue weighted by atomic mass is 32.1. The summed E-state index contributed by atoms with van der Waals surface area (Å²) in [5, 5.41) is 15.9. The molecular formula is C27H34N2O5S2. The minimum atomic E-state index is -1.49. The summed E-state index contributed by atoms with van der Waals surface area (Å²) in [7, 11) is 0. The van der Waals surface area contributed by atoms with Crippen molar-refractivity contribution >= 4 is 34.6 Å². The summed E-state index contributed by atoms with van der Waals surface area (Å²) >= 11 is 2.97. The number of nitrogens with zero attached hydrogens (tertiary/aromatic N) is 1. The first-order valence-corrected chi connectivity index (χ1v) is 14.1. The maximum atomic E-state index is 13.3. The number of rotatable bonds is 10. The maximum Gasteiger partial charge on any atom is 0.340 e. The first-order valence-electron chi connectivity index (χ1n) is 12.4. The number of nitrogens with one attached hydrogen (secondary N) is 1. The second-order valence-electron chi connectivity index (χ2n) is 9.92. The van der Waals surface area contributed by atoms with Crippen LogP contribution >= 0.6 is 22.7 Å². The van der Waals surface area contributed by atoms with Crippen molar-refractivity contribution in [2.75, 3.05) is 6.54 Å². The number of aliphatic carboxylic acids is 1. The highest BCUT2D eigenvalue weighted by Gasteiger charge is 2.45. The molecule has 1 fully saturated rings. The van der Waals surface area contributed by atoms with Crippen molar-refractivity contribution in [1.29, 1.82) is 0 Å². The molecule has 1 amide bonds. The molecule has 7 nitrogen and oxygen atoms in total. The van der Waals surface area contributed by atoms with E-state index >= 15 is 0 Å². The second kappa shape index (κ2) is 11.0. The first-order chi connectivity index (χ1) is 17.1. The number of carbonyl (C=O) groups is 2. The van der Waals surface area contributed by atoms with Gasteiger partial charge in [-0.25, -0.2) is 9.78 Å². The van der Waals surface area contributed by atoms with Crippen molar-refractivity contribution in [3.05, 3.63) is 51.9 Å². The maximum absolute atomic E-state index is 13.3. The van der Waals surface area contributed by atoms with Crippen LogP contribution in [-0.4, -0.2) is 51.9 Å².